The van der Waals surface area contributed by atoms with E-state index in [4.69, 9.17) is 0 Å². The monoisotopic (exact) mass is 430 g/mol. The third-order valence-corrected chi connectivity index (χ3v) is 7.05. The van der Waals surface area contributed by atoms with Crippen LogP contribution < -0.4 is 0 Å². The first-order valence-electron chi connectivity index (χ1n) is 11.8. The molecular formula is C34H22. The van der Waals surface area contributed by atoms with Crippen LogP contribution in [0.3, 0.4) is 0 Å². The molecule has 0 aromatic heterocycles. The van der Waals surface area contributed by atoms with Crippen LogP contribution in [0.5, 0.6) is 0 Å². The van der Waals surface area contributed by atoms with Gasteiger partial charge in [-0.1, -0.05) is 133 Å². The molecule has 0 nitrogen and oxygen atoms in total. The van der Waals surface area contributed by atoms with E-state index >= 15 is 0 Å². The van der Waals surface area contributed by atoms with Gasteiger partial charge in [-0.2, -0.15) is 0 Å². The highest BCUT2D eigenvalue weighted by Crippen LogP contribution is 2.42. The van der Waals surface area contributed by atoms with Crippen LogP contribution in [0.25, 0.3) is 65.3 Å². The van der Waals surface area contributed by atoms with Gasteiger partial charge in [0, 0.05) is 0 Å². The molecule has 0 amide bonds. The molecule has 0 fully saturated rings. The smallest absolute Gasteiger partial charge is 0.00266 e. The molecular weight excluding hydrogens is 408 g/mol. The lowest BCUT2D eigenvalue weighted by Crippen LogP contribution is -1.90. The van der Waals surface area contributed by atoms with Gasteiger partial charge in [0.2, 0.25) is 0 Å². The van der Waals surface area contributed by atoms with E-state index in [0.717, 1.165) is 0 Å². The maximum atomic E-state index is 2.27. The third-order valence-electron chi connectivity index (χ3n) is 7.05. The fourth-order valence-electron chi connectivity index (χ4n) is 5.52. The molecule has 0 heterocycles. The molecule has 0 unspecified atom stereocenters. The lowest BCUT2D eigenvalue weighted by molar-refractivity contribution is 1.63. The maximum absolute atomic E-state index is 2.27. The van der Waals surface area contributed by atoms with Crippen molar-refractivity contribution in [3.05, 3.63) is 133 Å². The summed E-state index contributed by atoms with van der Waals surface area (Å²) in [6, 6.07) is 48.6. The van der Waals surface area contributed by atoms with E-state index < -0.39 is 0 Å². The highest BCUT2D eigenvalue weighted by atomic mass is 14.2. The first kappa shape index (κ1) is 19.1. The van der Waals surface area contributed by atoms with Gasteiger partial charge in [-0.05, 0) is 65.3 Å². The number of rotatable bonds is 2. The molecule has 0 aliphatic heterocycles. The van der Waals surface area contributed by atoms with Gasteiger partial charge >= 0.3 is 0 Å². The van der Waals surface area contributed by atoms with Crippen molar-refractivity contribution in [2.45, 2.75) is 0 Å². The molecule has 34 heavy (non-hydrogen) atoms. The van der Waals surface area contributed by atoms with Crippen molar-refractivity contribution in [1.29, 1.82) is 0 Å². The van der Waals surface area contributed by atoms with E-state index in [1.54, 1.807) is 0 Å². The number of benzene rings is 7. The summed E-state index contributed by atoms with van der Waals surface area (Å²) in [5.41, 5.74) is 5.10. The van der Waals surface area contributed by atoms with Crippen molar-refractivity contribution in [3.63, 3.8) is 0 Å². The number of hydrogen-bond acceptors (Lipinski definition) is 0. The Bertz CT molecular complexity index is 1720. The van der Waals surface area contributed by atoms with Gasteiger partial charge in [0.1, 0.15) is 0 Å². The van der Waals surface area contributed by atoms with E-state index in [-0.39, 0.29) is 0 Å². The van der Waals surface area contributed by atoms with Crippen LogP contribution in [0, 0.1) is 0 Å². The van der Waals surface area contributed by atoms with Gasteiger partial charge in [0.25, 0.3) is 0 Å². The Balaban J connectivity index is 1.60. The van der Waals surface area contributed by atoms with Crippen LogP contribution in [0.1, 0.15) is 0 Å². The van der Waals surface area contributed by atoms with Gasteiger partial charge in [-0.3, -0.25) is 0 Å². The van der Waals surface area contributed by atoms with Crippen molar-refractivity contribution in [2.24, 2.45) is 0 Å². The maximum Gasteiger partial charge on any atom is -0.00266 e. The highest BCUT2D eigenvalue weighted by molar-refractivity contribution is 6.18. The van der Waals surface area contributed by atoms with Crippen molar-refractivity contribution in [3.8, 4) is 22.3 Å². The summed E-state index contributed by atoms with van der Waals surface area (Å²) in [5.74, 6) is 0. The second-order valence-corrected chi connectivity index (χ2v) is 8.93. The van der Waals surface area contributed by atoms with Gasteiger partial charge in [-0.15, -0.1) is 0 Å². The van der Waals surface area contributed by atoms with Gasteiger partial charge in [0.05, 0.1) is 0 Å². The zero-order valence-corrected chi connectivity index (χ0v) is 18.7. The minimum Gasteiger partial charge on any atom is -0.0616 e. The van der Waals surface area contributed by atoms with Crippen LogP contribution in [0.4, 0.5) is 0 Å². The van der Waals surface area contributed by atoms with Crippen LogP contribution in [0.15, 0.2) is 133 Å². The first-order valence-corrected chi connectivity index (χ1v) is 11.8. The van der Waals surface area contributed by atoms with Crippen molar-refractivity contribution in [2.75, 3.05) is 0 Å². The Morgan fingerprint density at radius 2 is 0.588 bits per heavy atom. The summed E-state index contributed by atoms with van der Waals surface area (Å²) in [4.78, 5) is 0. The van der Waals surface area contributed by atoms with E-state index in [1.165, 1.54) is 65.3 Å². The van der Waals surface area contributed by atoms with E-state index in [1.807, 2.05) is 0 Å². The summed E-state index contributed by atoms with van der Waals surface area (Å²) >= 11 is 0. The molecule has 0 saturated carbocycles. The molecule has 7 rings (SSSR count). The molecule has 7 aromatic rings. The third kappa shape index (κ3) is 2.86. The molecule has 0 aliphatic carbocycles. The van der Waals surface area contributed by atoms with E-state index in [2.05, 4.69) is 133 Å². The minimum absolute atomic E-state index is 1.27. The Morgan fingerprint density at radius 1 is 0.235 bits per heavy atom. The zero-order chi connectivity index (χ0) is 22.5. The second-order valence-electron chi connectivity index (χ2n) is 8.93. The lowest BCUT2D eigenvalue weighted by atomic mass is 9.87. The first-order chi connectivity index (χ1) is 16.9. The fourth-order valence-corrected chi connectivity index (χ4v) is 5.52. The predicted molar refractivity (Wildman–Crippen MR) is 147 cm³/mol. The van der Waals surface area contributed by atoms with E-state index in [9.17, 15) is 0 Å². The number of fused-ring (bicyclic) bond motifs is 6. The molecule has 0 heteroatoms. The van der Waals surface area contributed by atoms with E-state index in [0.29, 0.717) is 0 Å². The fraction of sp³-hybridized carbons (Fsp3) is 0. The van der Waals surface area contributed by atoms with Crippen LogP contribution in [0.2, 0.25) is 0 Å². The largest absolute Gasteiger partial charge is 0.0616 e. The van der Waals surface area contributed by atoms with Crippen molar-refractivity contribution in [1.82, 2.24) is 0 Å². The summed E-state index contributed by atoms with van der Waals surface area (Å²) in [6.45, 7) is 0. The lowest BCUT2D eigenvalue weighted by Gasteiger charge is -2.16. The van der Waals surface area contributed by atoms with Crippen LogP contribution in [-0.2, 0) is 0 Å². The summed E-state index contributed by atoms with van der Waals surface area (Å²) < 4.78 is 0. The topological polar surface area (TPSA) is 0 Å². The molecule has 158 valence electrons. The molecule has 7 aromatic carbocycles. The summed E-state index contributed by atoms with van der Waals surface area (Å²) in [5, 5.41) is 10.3. The van der Waals surface area contributed by atoms with Crippen LogP contribution >= 0.6 is 0 Å². The SMILES string of the molecule is c1ccc(-c2cccc3ccc4ccccc4c23)c(-c2cccc3ccc4ccccc4c23)c1. The molecule has 0 N–H and O–H groups in total. The Labute approximate surface area is 198 Å². The molecule has 0 bridgehead atoms. The van der Waals surface area contributed by atoms with Crippen molar-refractivity contribution < 1.29 is 0 Å². The average Bonchev–Trinajstić information content (AvgIpc) is 2.92. The zero-order valence-electron chi connectivity index (χ0n) is 18.7. The molecule has 0 aliphatic rings. The normalized spacial score (nSPS) is 11.5. The summed E-state index contributed by atoms with van der Waals surface area (Å²) in [7, 11) is 0. The van der Waals surface area contributed by atoms with Gasteiger partial charge in [0.15, 0.2) is 0 Å². The van der Waals surface area contributed by atoms with Gasteiger partial charge in [-0.25, -0.2) is 0 Å². The Morgan fingerprint density at radius 3 is 1.09 bits per heavy atom. The Kier molecular flexibility index (Phi) is 4.25. The Hall–Kier alpha value is -4.42. The standard InChI is InChI=1S/C34H22/c1-3-13-27-23(9-1)19-21-25-11-7-17-31(33(25)27)29-15-5-6-16-30(29)32-18-8-12-26-22-20-24-10-2-4-14-28(24)34(26)32/h1-22H. The highest BCUT2D eigenvalue weighted by Gasteiger charge is 2.15. The van der Waals surface area contributed by atoms with Crippen LogP contribution in [-0.4, -0.2) is 0 Å². The summed E-state index contributed by atoms with van der Waals surface area (Å²) in [6.07, 6.45) is 0. The minimum atomic E-state index is 1.27. The molecule has 0 saturated heterocycles. The molecule has 0 atom stereocenters. The van der Waals surface area contributed by atoms with Crippen molar-refractivity contribution >= 4 is 43.1 Å². The molecule has 0 spiro atoms. The quantitative estimate of drug-likeness (QED) is 0.239. The number of hydrogen-bond donors (Lipinski definition) is 0. The van der Waals surface area contributed by atoms with Gasteiger partial charge < -0.3 is 0 Å². The predicted octanol–water partition coefficient (Wildman–Crippen LogP) is 9.63. The second kappa shape index (κ2) is 7.57. The average molecular weight is 431 g/mol. The molecule has 0 radical (unpaired) electrons.